The number of ether oxygens (including phenoxy) is 1. The van der Waals surface area contributed by atoms with Crippen LogP contribution in [-0.4, -0.2) is 5.78 Å². The summed E-state index contributed by atoms with van der Waals surface area (Å²) in [5, 5.41) is 0. The van der Waals surface area contributed by atoms with Crippen molar-refractivity contribution in [2.45, 2.75) is 13.3 Å². The summed E-state index contributed by atoms with van der Waals surface area (Å²) in [6.07, 6.45) is 2.10. The highest BCUT2D eigenvalue weighted by Crippen LogP contribution is 2.24. The number of benzene rings is 1. The molecule has 2 rings (SSSR count). The maximum Gasteiger partial charge on any atom is 0.170 e. The zero-order valence-electron chi connectivity index (χ0n) is 7.41. The zero-order valence-corrected chi connectivity index (χ0v) is 7.41. The van der Waals surface area contributed by atoms with E-state index < -0.39 is 0 Å². The van der Waals surface area contributed by atoms with Gasteiger partial charge in [-0.2, -0.15) is 0 Å². The van der Waals surface area contributed by atoms with Crippen molar-refractivity contribution in [1.82, 2.24) is 0 Å². The third-order valence-corrected chi connectivity index (χ3v) is 2.01. The number of carbonyl (C=O) groups is 1. The Kier molecular flexibility index (Phi) is 1.89. The van der Waals surface area contributed by atoms with Crippen LogP contribution < -0.4 is 4.74 Å². The minimum absolute atomic E-state index is 0.127. The average Bonchev–Trinajstić information content (AvgIpc) is 2.27. The summed E-state index contributed by atoms with van der Waals surface area (Å²) in [5.74, 6) is 0.784. The van der Waals surface area contributed by atoms with E-state index in [1.807, 2.05) is 25.1 Å². The Labute approximate surface area is 76.8 Å². The Balaban J connectivity index is 2.49. The predicted molar refractivity (Wildman–Crippen MR) is 49.8 cm³/mol. The zero-order chi connectivity index (χ0) is 9.26. The van der Waals surface area contributed by atoms with Crippen molar-refractivity contribution < 1.29 is 9.53 Å². The molecule has 1 aromatic carbocycles. The van der Waals surface area contributed by atoms with Gasteiger partial charge in [0.15, 0.2) is 5.78 Å². The van der Waals surface area contributed by atoms with Gasteiger partial charge in [0.1, 0.15) is 5.75 Å². The highest BCUT2D eigenvalue weighted by molar-refractivity contribution is 6.00. The maximum absolute atomic E-state index is 11.6. The van der Waals surface area contributed by atoms with Gasteiger partial charge in [0.2, 0.25) is 0 Å². The van der Waals surface area contributed by atoms with Crippen LogP contribution in [0, 0.1) is 0 Å². The summed E-state index contributed by atoms with van der Waals surface area (Å²) in [6, 6.07) is 7.31. The molecule has 0 spiro atoms. The van der Waals surface area contributed by atoms with Crippen molar-refractivity contribution in [3.63, 3.8) is 0 Å². The van der Waals surface area contributed by atoms with E-state index in [4.69, 9.17) is 4.74 Å². The van der Waals surface area contributed by atoms with Crippen molar-refractivity contribution in [3.8, 4) is 5.75 Å². The van der Waals surface area contributed by atoms with Gasteiger partial charge in [-0.25, -0.2) is 0 Å². The first-order valence-corrected chi connectivity index (χ1v) is 4.22. The lowest BCUT2D eigenvalue weighted by Crippen LogP contribution is -1.97. The number of fused-ring (bicyclic) bond motifs is 1. The lowest BCUT2D eigenvalue weighted by molar-refractivity contribution is 0.0993. The Morgan fingerprint density at radius 2 is 2.08 bits per heavy atom. The van der Waals surface area contributed by atoms with Gasteiger partial charge in [-0.1, -0.05) is 12.1 Å². The van der Waals surface area contributed by atoms with Gasteiger partial charge in [0.05, 0.1) is 11.8 Å². The van der Waals surface area contributed by atoms with Gasteiger partial charge in [-0.05, 0) is 24.6 Å². The molecule has 0 N–H and O–H groups in total. The number of hydrogen-bond donors (Lipinski definition) is 0. The number of para-hydroxylation sites is 1. The summed E-state index contributed by atoms with van der Waals surface area (Å²) in [7, 11) is 0. The first kappa shape index (κ1) is 8.05. The van der Waals surface area contributed by atoms with Gasteiger partial charge in [0.25, 0.3) is 0 Å². The Bertz CT molecular complexity index is 377. The maximum atomic E-state index is 11.6. The van der Waals surface area contributed by atoms with E-state index in [2.05, 4.69) is 0 Å². The molecule has 0 aliphatic carbocycles. The van der Waals surface area contributed by atoms with Gasteiger partial charge >= 0.3 is 0 Å². The Morgan fingerprint density at radius 1 is 1.31 bits per heavy atom. The molecule has 66 valence electrons. The van der Waals surface area contributed by atoms with E-state index in [1.165, 1.54) is 0 Å². The second-order valence-corrected chi connectivity index (χ2v) is 3.18. The molecule has 0 amide bonds. The van der Waals surface area contributed by atoms with Crippen LogP contribution in [0.2, 0.25) is 0 Å². The predicted octanol–water partition coefficient (Wildman–Crippen LogP) is 2.56. The molecule has 0 aromatic heterocycles. The molecule has 0 saturated carbocycles. The number of Topliss-reactive ketones (excluding diaryl/α,β-unsaturated/α-hetero) is 1. The van der Waals surface area contributed by atoms with Crippen molar-refractivity contribution in [2.75, 3.05) is 0 Å². The number of rotatable bonds is 0. The minimum Gasteiger partial charge on any atom is -0.464 e. The standard InChI is InChI=1S/C11H10O2/c1-8-6-10(12)9-4-2-3-5-11(9)13-7-8/h2-5,7H,6H2,1H3. The monoisotopic (exact) mass is 174 g/mol. The summed E-state index contributed by atoms with van der Waals surface area (Å²) in [6.45, 7) is 1.89. The van der Waals surface area contributed by atoms with Crippen LogP contribution in [0.25, 0.3) is 0 Å². The molecule has 1 aliphatic rings. The summed E-state index contributed by atoms with van der Waals surface area (Å²) in [4.78, 5) is 11.6. The first-order valence-electron chi connectivity index (χ1n) is 4.22. The van der Waals surface area contributed by atoms with Crippen molar-refractivity contribution in [1.29, 1.82) is 0 Å². The van der Waals surface area contributed by atoms with Crippen LogP contribution in [0.15, 0.2) is 36.1 Å². The van der Waals surface area contributed by atoms with E-state index >= 15 is 0 Å². The van der Waals surface area contributed by atoms with Gasteiger partial charge in [-0.3, -0.25) is 4.79 Å². The van der Waals surface area contributed by atoms with Crippen molar-refractivity contribution in [3.05, 3.63) is 41.7 Å². The van der Waals surface area contributed by atoms with Crippen LogP contribution in [0.3, 0.4) is 0 Å². The molecule has 0 fully saturated rings. The summed E-state index contributed by atoms with van der Waals surface area (Å²) in [5.41, 5.74) is 1.64. The number of allylic oxidation sites excluding steroid dienone is 1. The fraction of sp³-hybridized carbons (Fsp3) is 0.182. The van der Waals surface area contributed by atoms with Crippen molar-refractivity contribution >= 4 is 5.78 Å². The molecular formula is C11H10O2. The van der Waals surface area contributed by atoms with E-state index in [-0.39, 0.29) is 5.78 Å². The van der Waals surface area contributed by atoms with Crippen LogP contribution in [0.5, 0.6) is 5.75 Å². The highest BCUT2D eigenvalue weighted by atomic mass is 16.5. The molecule has 2 heteroatoms. The van der Waals surface area contributed by atoms with Crippen LogP contribution in [-0.2, 0) is 0 Å². The van der Waals surface area contributed by atoms with E-state index in [0.717, 1.165) is 5.57 Å². The van der Waals surface area contributed by atoms with Crippen LogP contribution >= 0.6 is 0 Å². The number of carbonyl (C=O) groups excluding carboxylic acids is 1. The van der Waals surface area contributed by atoms with Gasteiger partial charge in [0, 0.05) is 6.42 Å². The topological polar surface area (TPSA) is 26.3 Å². The molecule has 0 radical (unpaired) electrons. The Hall–Kier alpha value is -1.57. The third kappa shape index (κ3) is 1.47. The second kappa shape index (κ2) is 3.05. The third-order valence-electron chi connectivity index (χ3n) is 2.01. The smallest absolute Gasteiger partial charge is 0.170 e. The largest absolute Gasteiger partial charge is 0.464 e. The van der Waals surface area contributed by atoms with Crippen molar-refractivity contribution in [2.24, 2.45) is 0 Å². The lowest BCUT2D eigenvalue weighted by Gasteiger charge is -2.02. The number of ketones is 1. The molecule has 0 saturated heterocycles. The molecule has 13 heavy (non-hydrogen) atoms. The van der Waals surface area contributed by atoms with Gasteiger partial charge in [-0.15, -0.1) is 0 Å². The van der Waals surface area contributed by atoms with E-state index in [0.29, 0.717) is 17.7 Å². The van der Waals surface area contributed by atoms with Crippen LogP contribution in [0.4, 0.5) is 0 Å². The summed E-state index contributed by atoms with van der Waals surface area (Å²) >= 11 is 0. The molecule has 1 aromatic rings. The van der Waals surface area contributed by atoms with Gasteiger partial charge < -0.3 is 4.74 Å². The number of hydrogen-bond acceptors (Lipinski definition) is 2. The molecule has 0 atom stereocenters. The Morgan fingerprint density at radius 3 is 2.92 bits per heavy atom. The molecule has 0 bridgehead atoms. The molecule has 0 unspecified atom stereocenters. The minimum atomic E-state index is 0.127. The van der Waals surface area contributed by atoms with Crippen LogP contribution in [0.1, 0.15) is 23.7 Å². The first-order chi connectivity index (χ1) is 6.27. The summed E-state index contributed by atoms with van der Waals surface area (Å²) < 4.78 is 5.35. The fourth-order valence-electron chi connectivity index (χ4n) is 1.35. The van der Waals surface area contributed by atoms with E-state index in [1.54, 1.807) is 12.3 Å². The molecule has 1 heterocycles. The lowest BCUT2D eigenvalue weighted by atomic mass is 10.1. The average molecular weight is 174 g/mol. The SMILES string of the molecule is CC1=COc2ccccc2C(=O)C1. The van der Waals surface area contributed by atoms with E-state index in [9.17, 15) is 4.79 Å². The molecule has 2 nitrogen and oxygen atoms in total. The highest BCUT2D eigenvalue weighted by Gasteiger charge is 2.15. The normalized spacial score (nSPS) is 15.5. The quantitative estimate of drug-likeness (QED) is 0.604. The second-order valence-electron chi connectivity index (χ2n) is 3.18. The molecular weight excluding hydrogens is 164 g/mol. The fourth-order valence-corrected chi connectivity index (χ4v) is 1.35. The molecule has 1 aliphatic heterocycles.